The summed E-state index contributed by atoms with van der Waals surface area (Å²) in [5.74, 6) is 0.384. The Bertz CT molecular complexity index is 328. The number of nitrogens with zero attached hydrogens (tertiary/aromatic N) is 1. The summed E-state index contributed by atoms with van der Waals surface area (Å²) in [5, 5.41) is 9.62. The second-order valence-corrected chi connectivity index (χ2v) is 6.07. The predicted molar refractivity (Wildman–Crippen MR) is 64.4 cm³/mol. The van der Waals surface area contributed by atoms with E-state index >= 15 is 0 Å². The molecule has 1 aromatic heterocycles. The van der Waals surface area contributed by atoms with Crippen LogP contribution in [0.2, 0.25) is 4.34 Å². The van der Waals surface area contributed by atoms with Crippen molar-refractivity contribution in [3.63, 3.8) is 0 Å². The normalized spacial score (nSPS) is 28.2. The smallest absolute Gasteiger partial charge is 0.0931 e. The second-order valence-electron chi connectivity index (χ2n) is 4.27. The van der Waals surface area contributed by atoms with E-state index in [-0.39, 0.29) is 6.10 Å². The zero-order valence-electron chi connectivity index (χ0n) is 8.82. The molecule has 2 rings (SSSR count). The second kappa shape index (κ2) is 4.83. The van der Waals surface area contributed by atoms with Crippen molar-refractivity contribution >= 4 is 22.9 Å². The van der Waals surface area contributed by atoms with Gasteiger partial charge in [-0.25, -0.2) is 0 Å². The monoisotopic (exact) mass is 245 g/mol. The Balaban J connectivity index is 1.90. The summed E-state index contributed by atoms with van der Waals surface area (Å²) in [6.45, 7) is 5.05. The topological polar surface area (TPSA) is 23.5 Å². The molecule has 1 aromatic rings. The van der Waals surface area contributed by atoms with Crippen molar-refractivity contribution in [3.05, 3.63) is 21.3 Å². The number of aliphatic hydroxyl groups is 1. The lowest BCUT2D eigenvalue weighted by molar-refractivity contribution is 0.0324. The number of aliphatic hydroxyl groups excluding tert-OH is 1. The van der Waals surface area contributed by atoms with E-state index in [0.717, 1.165) is 30.4 Å². The highest BCUT2D eigenvalue weighted by Gasteiger charge is 2.24. The lowest BCUT2D eigenvalue weighted by Gasteiger charge is -2.33. The van der Waals surface area contributed by atoms with Gasteiger partial charge in [0, 0.05) is 24.5 Å². The highest BCUT2D eigenvalue weighted by atomic mass is 35.5. The van der Waals surface area contributed by atoms with Gasteiger partial charge in [0.2, 0.25) is 0 Å². The first-order chi connectivity index (χ1) is 7.15. The van der Waals surface area contributed by atoms with E-state index in [1.54, 1.807) is 11.3 Å². The van der Waals surface area contributed by atoms with E-state index in [2.05, 4.69) is 17.9 Å². The van der Waals surface area contributed by atoms with E-state index < -0.39 is 0 Å². The number of hydrogen-bond donors (Lipinski definition) is 1. The Morgan fingerprint density at radius 3 is 3.00 bits per heavy atom. The molecule has 2 unspecified atom stereocenters. The van der Waals surface area contributed by atoms with Crippen LogP contribution in [0.4, 0.5) is 0 Å². The molecule has 1 aliphatic rings. The van der Waals surface area contributed by atoms with Crippen LogP contribution < -0.4 is 0 Å². The molecule has 1 aliphatic heterocycles. The van der Waals surface area contributed by atoms with Crippen molar-refractivity contribution < 1.29 is 5.11 Å². The summed E-state index contributed by atoms with van der Waals surface area (Å²) in [6, 6.07) is 4.03. The summed E-state index contributed by atoms with van der Waals surface area (Å²) >= 11 is 7.53. The number of likely N-dealkylation sites (tertiary alicyclic amines) is 1. The van der Waals surface area contributed by atoms with E-state index in [1.165, 1.54) is 4.88 Å². The van der Waals surface area contributed by atoms with Gasteiger partial charge in [0.15, 0.2) is 0 Å². The van der Waals surface area contributed by atoms with Crippen LogP contribution in [0.3, 0.4) is 0 Å². The molecule has 0 amide bonds. The molecule has 0 spiro atoms. The number of thiophene rings is 1. The fourth-order valence-electron chi connectivity index (χ4n) is 2.02. The molecule has 84 valence electrons. The number of piperidine rings is 1. The molecule has 0 saturated carbocycles. The van der Waals surface area contributed by atoms with Crippen LogP contribution in [0.15, 0.2) is 12.1 Å². The zero-order valence-corrected chi connectivity index (χ0v) is 10.4. The minimum Gasteiger partial charge on any atom is -0.393 e. The first-order valence-electron chi connectivity index (χ1n) is 5.30. The Morgan fingerprint density at radius 1 is 1.60 bits per heavy atom. The Hall–Kier alpha value is -0.0900. The molecule has 0 radical (unpaired) electrons. The maximum absolute atomic E-state index is 9.62. The largest absolute Gasteiger partial charge is 0.393 e. The van der Waals surface area contributed by atoms with E-state index in [0.29, 0.717) is 5.92 Å². The Kier molecular flexibility index (Phi) is 3.67. The molecule has 2 atom stereocenters. The number of rotatable bonds is 2. The fourth-order valence-corrected chi connectivity index (χ4v) is 3.15. The summed E-state index contributed by atoms with van der Waals surface area (Å²) in [4.78, 5) is 3.70. The van der Waals surface area contributed by atoms with Gasteiger partial charge in [-0.2, -0.15) is 0 Å². The average molecular weight is 246 g/mol. The zero-order chi connectivity index (χ0) is 10.8. The molecular formula is C11H16ClNOS. The third-order valence-corrected chi connectivity index (χ3v) is 4.17. The number of hydrogen-bond acceptors (Lipinski definition) is 3. The summed E-state index contributed by atoms with van der Waals surface area (Å²) in [5.41, 5.74) is 0. The Labute approximate surface area is 99.5 Å². The molecule has 0 aliphatic carbocycles. The maximum atomic E-state index is 9.62. The lowest BCUT2D eigenvalue weighted by Crippen LogP contribution is -2.41. The minimum atomic E-state index is -0.117. The molecule has 1 fully saturated rings. The molecule has 1 saturated heterocycles. The van der Waals surface area contributed by atoms with Gasteiger partial charge in [-0.05, 0) is 24.5 Å². The van der Waals surface area contributed by atoms with Crippen LogP contribution in [0.1, 0.15) is 18.2 Å². The molecular weight excluding hydrogens is 230 g/mol. The first-order valence-corrected chi connectivity index (χ1v) is 6.49. The van der Waals surface area contributed by atoms with Crippen LogP contribution in [-0.4, -0.2) is 29.2 Å². The van der Waals surface area contributed by atoms with Gasteiger partial charge in [0.05, 0.1) is 10.4 Å². The average Bonchev–Trinajstić information content (AvgIpc) is 2.58. The van der Waals surface area contributed by atoms with Crippen molar-refractivity contribution in [3.8, 4) is 0 Å². The van der Waals surface area contributed by atoms with E-state index in [9.17, 15) is 5.11 Å². The number of halogens is 1. The van der Waals surface area contributed by atoms with Crippen LogP contribution in [-0.2, 0) is 6.54 Å². The van der Waals surface area contributed by atoms with Gasteiger partial charge < -0.3 is 5.11 Å². The summed E-state index contributed by atoms with van der Waals surface area (Å²) < 4.78 is 0.857. The summed E-state index contributed by atoms with van der Waals surface area (Å²) in [6.07, 6.45) is 0.772. The van der Waals surface area contributed by atoms with Crippen LogP contribution in [0, 0.1) is 5.92 Å². The first kappa shape index (κ1) is 11.4. The van der Waals surface area contributed by atoms with Gasteiger partial charge in [0.1, 0.15) is 0 Å². The molecule has 1 N–H and O–H groups in total. The van der Waals surface area contributed by atoms with Crippen molar-refractivity contribution in [2.24, 2.45) is 5.92 Å². The lowest BCUT2D eigenvalue weighted by atomic mass is 9.97. The molecule has 2 nitrogen and oxygen atoms in total. The standard InChI is InChI=1S/C11H16ClNOS/c1-8-6-13(5-4-10(8)14)7-9-2-3-11(12)15-9/h2-3,8,10,14H,4-7H2,1H3. The van der Waals surface area contributed by atoms with Crippen LogP contribution in [0.5, 0.6) is 0 Å². The molecule has 2 heterocycles. The minimum absolute atomic E-state index is 0.117. The van der Waals surface area contributed by atoms with Gasteiger partial charge in [0.25, 0.3) is 0 Å². The van der Waals surface area contributed by atoms with Crippen molar-refractivity contribution in [2.45, 2.75) is 26.0 Å². The fraction of sp³-hybridized carbons (Fsp3) is 0.636. The van der Waals surface area contributed by atoms with Crippen molar-refractivity contribution in [1.29, 1.82) is 0 Å². The van der Waals surface area contributed by atoms with Gasteiger partial charge in [-0.3, -0.25) is 4.90 Å². The Morgan fingerprint density at radius 2 is 2.40 bits per heavy atom. The van der Waals surface area contributed by atoms with Crippen molar-refractivity contribution in [1.82, 2.24) is 4.90 Å². The van der Waals surface area contributed by atoms with Crippen LogP contribution >= 0.6 is 22.9 Å². The third kappa shape index (κ3) is 2.94. The highest BCUT2D eigenvalue weighted by Crippen LogP contribution is 2.25. The third-order valence-electron chi connectivity index (χ3n) is 2.95. The summed E-state index contributed by atoms with van der Waals surface area (Å²) in [7, 11) is 0. The highest BCUT2D eigenvalue weighted by molar-refractivity contribution is 7.16. The van der Waals surface area contributed by atoms with Gasteiger partial charge in [-0.15, -0.1) is 11.3 Å². The van der Waals surface area contributed by atoms with Crippen molar-refractivity contribution in [2.75, 3.05) is 13.1 Å². The quantitative estimate of drug-likeness (QED) is 0.866. The SMILES string of the molecule is CC1CN(Cc2ccc(Cl)s2)CCC1O. The molecule has 0 aromatic carbocycles. The predicted octanol–water partition coefficient (Wildman–Crippen LogP) is 2.60. The van der Waals surface area contributed by atoms with Gasteiger partial charge in [-0.1, -0.05) is 18.5 Å². The molecule has 0 bridgehead atoms. The maximum Gasteiger partial charge on any atom is 0.0931 e. The van der Waals surface area contributed by atoms with E-state index in [1.807, 2.05) is 6.07 Å². The van der Waals surface area contributed by atoms with E-state index in [4.69, 9.17) is 11.6 Å². The molecule has 4 heteroatoms. The van der Waals surface area contributed by atoms with Gasteiger partial charge >= 0.3 is 0 Å². The molecule has 15 heavy (non-hydrogen) atoms. The van der Waals surface area contributed by atoms with Crippen LogP contribution in [0.25, 0.3) is 0 Å².